The predicted molar refractivity (Wildman–Crippen MR) is 68.8 cm³/mol. The molecule has 1 heterocycles. The van der Waals surface area contributed by atoms with Gasteiger partial charge in [0.15, 0.2) is 0 Å². The second-order valence-corrected chi connectivity index (χ2v) is 4.78. The van der Waals surface area contributed by atoms with Crippen LogP contribution in [0, 0.1) is 0 Å². The SMILES string of the molecule is O=C(O)Nc1cc2cc(Br)ncc2cc1Br. The summed E-state index contributed by atoms with van der Waals surface area (Å²) in [6.45, 7) is 0. The van der Waals surface area contributed by atoms with Gasteiger partial charge in [-0.05, 0) is 55.4 Å². The molecule has 1 amide bonds. The van der Waals surface area contributed by atoms with Crippen molar-refractivity contribution < 1.29 is 9.90 Å². The highest BCUT2D eigenvalue weighted by Gasteiger charge is 2.06. The zero-order chi connectivity index (χ0) is 11.7. The van der Waals surface area contributed by atoms with Crippen molar-refractivity contribution in [2.24, 2.45) is 0 Å². The lowest BCUT2D eigenvalue weighted by Gasteiger charge is -2.06. The lowest BCUT2D eigenvalue weighted by atomic mass is 10.1. The van der Waals surface area contributed by atoms with E-state index >= 15 is 0 Å². The first-order chi connectivity index (χ1) is 7.56. The van der Waals surface area contributed by atoms with E-state index in [0.717, 1.165) is 10.8 Å². The Kier molecular flexibility index (Phi) is 3.11. The molecule has 0 fully saturated rings. The van der Waals surface area contributed by atoms with Crippen LogP contribution in [0.5, 0.6) is 0 Å². The third kappa shape index (κ3) is 2.33. The monoisotopic (exact) mass is 344 g/mol. The third-order valence-corrected chi connectivity index (χ3v) is 3.11. The number of nitrogens with zero attached hydrogens (tertiary/aromatic N) is 1. The van der Waals surface area contributed by atoms with Crippen molar-refractivity contribution in [2.45, 2.75) is 0 Å². The number of hydrogen-bond donors (Lipinski definition) is 2. The van der Waals surface area contributed by atoms with Crippen molar-refractivity contribution in [3.8, 4) is 0 Å². The molecule has 0 unspecified atom stereocenters. The smallest absolute Gasteiger partial charge is 0.409 e. The van der Waals surface area contributed by atoms with E-state index in [0.29, 0.717) is 14.8 Å². The van der Waals surface area contributed by atoms with Gasteiger partial charge in [0.05, 0.1) is 5.69 Å². The van der Waals surface area contributed by atoms with Crippen LogP contribution in [-0.2, 0) is 0 Å². The first-order valence-electron chi connectivity index (χ1n) is 4.31. The maximum Gasteiger partial charge on any atom is 0.409 e. The zero-order valence-electron chi connectivity index (χ0n) is 7.87. The molecule has 0 bridgehead atoms. The molecule has 0 saturated carbocycles. The van der Waals surface area contributed by atoms with E-state index in [9.17, 15) is 4.79 Å². The molecule has 6 heteroatoms. The third-order valence-electron chi connectivity index (χ3n) is 2.02. The normalized spacial score (nSPS) is 10.4. The van der Waals surface area contributed by atoms with Crippen LogP contribution < -0.4 is 5.32 Å². The van der Waals surface area contributed by atoms with Crippen LogP contribution in [-0.4, -0.2) is 16.2 Å². The first-order valence-corrected chi connectivity index (χ1v) is 5.89. The minimum absolute atomic E-state index is 0.512. The summed E-state index contributed by atoms with van der Waals surface area (Å²) in [5.74, 6) is 0. The molecule has 0 atom stereocenters. The number of nitrogens with one attached hydrogen (secondary N) is 1. The molecule has 4 nitrogen and oxygen atoms in total. The lowest BCUT2D eigenvalue weighted by Crippen LogP contribution is -2.07. The average Bonchev–Trinajstić information content (AvgIpc) is 2.19. The van der Waals surface area contributed by atoms with E-state index < -0.39 is 6.09 Å². The molecule has 0 aliphatic rings. The number of carboxylic acid groups (broad SMARTS) is 1. The quantitative estimate of drug-likeness (QED) is 0.771. The van der Waals surface area contributed by atoms with E-state index in [1.807, 2.05) is 12.1 Å². The van der Waals surface area contributed by atoms with Gasteiger partial charge in [-0.25, -0.2) is 9.78 Å². The fourth-order valence-electron chi connectivity index (χ4n) is 1.35. The summed E-state index contributed by atoms with van der Waals surface area (Å²) >= 11 is 6.57. The molecule has 0 saturated heterocycles. The summed E-state index contributed by atoms with van der Waals surface area (Å²) in [4.78, 5) is 14.7. The molecule has 0 aliphatic carbocycles. The molecule has 0 aliphatic heterocycles. The number of benzene rings is 1. The number of hydrogen-bond acceptors (Lipinski definition) is 2. The highest BCUT2D eigenvalue weighted by atomic mass is 79.9. The Bertz CT molecular complexity index is 572. The summed E-state index contributed by atoms with van der Waals surface area (Å²) in [5.41, 5.74) is 0.512. The van der Waals surface area contributed by atoms with Crippen molar-refractivity contribution in [1.29, 1.82) is 0 Å². The van der Waals surface area contributed by atoms with E-state index in [4.69, 9.17) is 5.11 Å². The van der Waals surface area contributed by atoms with Crippen LogP contribution in [0.4, 0.5) is 10.5 Å². The fraction of sp³-hybridized carbons (Fsp3) is 0. The number of fused-ring (bicyclic) bond motifs is 1. The van der Waals surface area contributed by atoms with Gasteiger partial charge in [0.25, 0.3) is 0 Å². The lowest BCUT2D eigenvalue weighted by molar-refractivity contribution is 0.209. The van der Waals surface area contributed by atoms with Crippen molar-refractivity contribution in [2.75, 3.05) is 5.32 Å². The Labute approximate surface area is 108 Å². The number of aromatic nitrogens is 1. The molecule has 1 aromatic carbocycles. The highest BCUT2D eigenvalue weighted by molar-refractivity contribution is 9.10. The number of amides is 1. The van der Waals surface area contributed by atoms with Gasteiger partial charge < -0.3 is 5.11 Å². The number of pyridine rings is 1. The van der Waals surface area contributed by atoms with Gasteiger partial charge in [-0.2, -0.15) is 0 Å². The van der Waals surface area contributed by atoms with Gasteiger partial charge in [-0.1, -0.05) is 0 Å². The highest BCUT2D eigenvalue weighted by Crippen LogP contribution is 2.29. The van der Waals surface area contributed by atoms with Gasteiger partial charge in [-0.3, -0.25) is 5.32 Å². The largest absolute Gasteiger partial charge is 0.465 e. The summed E-state index contributed by atoms with van der Waals surface area (Å²) in [6.07, 6.45) is 0.627. The van der Waals surface area contributed by atoms with E-state index in [1.54, 1.807) is 12.3 Å². The zero-order valence-corrected chi connectivity index (χ0v) is 11.0. The van der Waals surface area contributed by atoms with E-state index in [1.165, 1.54) is 0 Å². The summed E-state index contributed by atoms with van der Waals surface area (Å²) in [5, 5.41) is 12.8. The van der Waals surface area contributed by atoms with Crippen molar-refractivity contribution >= 4 is 54.4 Å². The van der Waals surface area contributed by atoms with Crippen LogP contribution in [0.25, 0.3) is 10.8 Å². The molecule has 82 valence electrons. The molecule has 2 aromatic rings. The van der Waals surface area contributed by atoms with Crippen LogP contribution in [0.3, 0.4) is 0 Å². The molecule has 2 rings (SSSR count). The number of carbonyl (C=O) groups is 1. The van der Waals surface area contributed by atoms with Gasteiger partial charge >= 0.3 is 6.09 Å². The number of rotatable bonds is 1. The Morgan fingerprint density at radius 3 is 2.69 bits per heavy atom. The number of halogens is 2. The Morgan fingerprint density at radius 1 is 1.25 bits per heavy atom. The molecule has 0 spiro atoms. The standard InChI is InChI=1S/C10H6Br2N2O2/c11-7-1-6-4-13-9(12)3-5(6)2-8(7)14-10(15)16/h1-4,14H,(H,15,16). The molecule has 1 aromatic heterocycles. The van der Waals surface area contributed by atoms with E-state index in [-0.39, 0.29) is 0 Å². The van der Waals surface area contributed by atoms with E-state index in [2.05, 4.69) is 42.2 Å². The second-order valence-electron chi connectivity index (χ2n) is 3.12. The van der Waals surface area contributed by atoms with Gasteiger partial charge in [0, 0.05) is 16.1 Å². The summed E-state index contributed by atoms with van der Waals surface area (Å²) in [7, 11) is 0. The topological polar surface area (TPSA) is 62.2 Å². The van der Waals surface area contributed by atoms with Gasteiger partial charge in [-0.15, -0.1) is 0 Å². The first kappa shape index (κ1) is 11.3. The Balaban J connectivity index is 2.59. The molecular weight excluding hydrogens is 340 g/mol. The summed E-state index contributed by atoms with van der Waals surface area (Å²) < 4.78 is 1.40. The summed E-state index contributed by atoms with van der Waals surface area (Å²) in [6, 6.07) is 5.40. The Morgan fingerprint density at radius 2 is 2.00 bits per heavy atom. The molecular formula is C10H6Br2N2O2. The van der Waals surface area contributed by atoms with Crippen molar-refractivity contribution in [3.05, 3.63) is 33.5 Å². The minimum Gasteiger partial charge on any atom is -0.465 e. The van der Waals surface area contributed by atoms with Crippen molar-refractivity contribution in [1.82, 2.24) is 4.98 Å². The maximum atomic E-state index is 10.6. The Hall–Kier alpha value is -1.14. The molecule has 2 N–H and O–H groups in total. The van der Waals surface area contributed by atoms with Crippen molar-refractivity contribution in [3.63, 3.8) is 0 Å². The van der Waals surface area contributed by atoms with Gasteiger partial charge in [0.1, 0.15) is 4.60 Å². The van der Waals surface area contributed by atoms with Crippen LogP contribution in [0.15, 0.2) is 33.5 Å². The molecule has 0 radical (unpaired) electrons. The van der Waals surface area contributed by atoms with Crippen LogP contribution in [0.1, 0.15) is 0 Å². The van der Waals surface area contributed by atoms with Crippen LogP contribution >= 0.6 is 31.9 Å². The fourth-order valence-corrected chi connectivity index (χ4v) is 2.16. The maximum absolute atomic E-state index is 10.6. The van der Waals surface area contributed by atoms with Crippen LogP contribution in [0.2, 0.25) is 0 Å². The second kappa shape index (κ2) is 4.39. The van der Waals surface area contributed by atoms with Gasteiger partial charge in [0.2, 0.25) is 0 Å². The predicted octanol–water partition coefficient (Wildman–Crippen LogP) is 3.85. The minimum atomic E-state index is -1.09. The molecule has 16 heavy (non-hydrogen) atoms. The number of anilines is 1. The average molecular weight is 346 g/mol.